The number of carbonyl (C=O) groups excluding carboxylic acids is 1. The third-order valence-electron chi connectivity index (χ3n) is 6.61. The molecule has 0 saturated heterocycles. The predicted molar refractivity (Wildman–Crippen MR) is 98.0 cm³/mol. The van der Waals surface area contributed by atoms with Gasteiger partial charge in [-0.15, -0.1) is 0 Å². The van der Waals surface area contributed by atoms with E-state index in [1.54, 1.807) is 18.2 Å². The van der Waals surface area contributed by atoms with E-state index in [2.05, 4.69) is 10.3 Å². The van der Waals surface area contributed by atoms with E-state index in [0.29, 0.717) is 5.69 Å². The molecule has 6 rings (SSSR count). The zero-order chi connectivity index (χ0) is 18.6. The van der Waals surface area contributed by atoms with Crippen LogP contribution < -0.4 is 5.32 Å². The highest BCUT2D eigenvalue weighted by Gasteiger charge is 2.51. The van der Waals surface area contributed by atoms with E-state index >= 15 is 0 Å². The first kappa shape index (κ1) is 16.8. The van der Waals surface area contributed by atoms with Gasteiger partial charge in [0, 0.05) is 17.2 Å². The van der Waals surface area contributed by atoms with Gasteiger partial charge in [0.2, 0.25) is 0 Å². The van der Waals surface area contributed by atoms with E-state index < -0.39 is 11.6 Å². The molecule has 1 aromatic heterocycles. The van der Waals surface area contributed by atoms with Crippen molar-refractivity contribution in [3.8, 4) is 11.3 Å². The summed E-state index contributed by atoms with van der Waals surface area (Å²) in [5, 5.41) is 3.29. The maximum Gasteiger partial charge on any atom is 0.270 e. The van der Waals surface area contributed by atoms with Gasteiger partial charge in [0.1, 0.15) is 17.3 Å². The molecule has 1 amide bonds. The van der Waals surface area contributed by atoms with Crippen molar-refractivity contribution in [2.75, 3.05) is 0 Å². The molecular weight excluding hydrogens is 346 g/mol. The number of nitrogens with zero attached hydrogens (tertiary/aromatic N) is 1. The third kappa shape index (κ3) is 3.03. The molecule has 27 heavy (non-hydrogen) atoms. The number of nitrogens with one attached hydrogen (secondary N) is 1. The number of pyridine rings is 1. The van der Waals surface area contributed by atoms with Crippen molar-refractivity contribution in [3.05, 3.63) is 53.7 Å². The molecule has 5 heteroatoms. The van der Waals surface area contributed by atoms with E-state index in [0.717, 1.165) is 43.1 Å². The molecule has 0 spiro atoms. The van der Waals surface area contributed by atoms with Gasteiger partial charge >= 0.3 is 0 Å². The average molecular weight is 368 g/mol. The van der Waals surface area contributed by atoms with Gasteiger partial charge in [-0.2, -0.15) is 0 Å². The van der Waals surface area contributed by atoms with Crippen molar-refractivity contribution in [3.63, 3.8) is 0 Å². The van der Waals surface area contributed by atoms with Crippen LogP contribution in [-0.4, -0.2) is 16.4 Å². The van der Waals surface area contributed by atoms with E-state index in [-0.39, 0.29) is 22.7 Å². The number of hydrogen-bond acceptors (Lipinski definition) is 2. The Bertz CT molecular complexity index is 876. The SMILES string of the molecule is O=C(NC12CC3CC(CC(C3)C1)C2)c1cccc(-c2ccc(F)cc2F)n1. The monoisotopic (exact) mass is 368 g/mol. The number of rotatable bonds is 3. The lowest BCUT2D eigenvalue weighted by Gasteiger charge is -2.56. The zero-order valence-corrected chi connectivity index (χ0v) is 15.1. The molecule has 0 unspecified atom stereocenters. The Kier molecular flexibility index (Phi) is 3.81. The molecule has 4 fully saturated rings. The van der Waals surface area contributed by atoms with E-state index in [4.69, 9.17) is 0 Å². The molecule has 0 radical (unpaired) electrons. The topological polar surface area (TPSA) is 42.0 Å². The molecule has 4 bridgehead atoms. The largest absolute Gasteiger partial charge is 0.345 e. The highest BCUT2D eigenvalue weighted by Crippen LogP contribution is 2.55. The lowest BCUT2D eigenvalue weighted by molar-refractivity contribution is -0.0167. The van der Waals surface area contributed by atoms with Crippen LogP contribution in [0.1, 0.15) is 49.0 Å². The normalized spacial score (nSPS) is 31.1. The molecule has 1 N–H and O–H groups in total. The molecular formula is C22H22F2N2O. The van der Waals surface area contributed by atoms with Crippen LogP contribution in [0.5, 0.6) is 0 Å². The highest BCUT2D eigenvalue weighted by molar-refractivity contribution is 5.93. The second-order valence-electron chi connectivity index (χ2n) is 8.68. The van der Waals surface area contributed by atoms with Crippen LogP contribution in [0.25, 0.3) is 11.3 Å². The lowest BCUT2D eigenvalue weighted by Crippen LogP contribution is -2.59. The number of halogens is 2. The summed E-state index contributed by atoms with van der Waals surface area (Å²) in [5.74, 6) is 0.715. The maximum atomic E-state index is 14.1. The Hall–Kier alpha value is -2.30. The quantitative estimate of drug-likeness (QED) is 0.851. The fraction of sp³-hybridized carbons (Fsp3) is 0.455. The van der Waals surface area contributed by atoms with Crippen LogP contribution in [-0.2, 0) is 0 Å². The Balaban J connectivity index is 1.40. The number of carbonyl (C=O) groups is 1. The molecule has 4 saturated carbocycles. The summed E-state index contributed by atoms with van der Waals surface area (Å²) < 4.78 is 27.2. The van der Waals surface area contributed by atoms with Gasteiger partial charge < -0.3 is 5.32 Å². The summed E-state index contributed by atoms with van der Waals surface area (Å²) in [6.07, 6.45) is 7.14. The van der Waals surface area contributed by atoms with Crippen LogP contribution in [0.2, 0.25) is 0 Å². The summed E-state index contributed by atoms with van der Waals surface area (Å²) in [5.41, 5.74) is 0.725. The summed E-state index contributed by atoms with van der Waals surface area (Å²) in [6.45, 7) is 0. The van der Waals surface area contributed by atoms with Crippen LogP contribution in [0.15, 0.2) is 36.4 Å². The average Bonchev–Trinajstić information content (AvgIpc) is 2.60. The fourth-order valence-corrected chi connectivity index (χ4v) is 5.98. The molecule has 4 aliphatic rings. The minimum Gasteiger partial charge on any atom is -0.345 e. The molecule has 1 heterocycles. The van der Waals surface area contributed by atoms with Crippen LogP contribution in [0, 0.1) is 29.4 Å². The molecule has 1 aromatic carbocycles. The second-order valence-corrected chi connectivity index (χ2v) is 8.68. The summed E-state index contributed by atoms with van der Waals surface area (Å²) in [7, 11) is 0. The smallest absolute Gasteiger partial charge is 0.270 e. The summed E-state index contributed by atoms with van der Waals surface area (Å²) in [6, 6.07) is 8.37. The van der Waals surface area contributed by atoms with Crippen LogP contribution in [0.3, 0.4) is 0 Å². The fourth-order valence-electron chi connectivity index (χ4n) is 5.98. The molecule has 0 atom stereocenters. The van der Waals surface area contributed by atoms with Gasteiger partial charge in [-0.05, 0) is 80.5 Å². The zero-order valence-electron chi connectivity index (χ0n) is 15.1. The predicted octanol–water partition coefficient (Wildman–Crippen LogP) is 4.73. The number of aromatic nitrogens is 1. The Morgan fingerprint density at radius 1 is 1.00 bits per heavy atom. The Labute approximate surface area is 157 Å². The van der Waals surface area contributed by atoms with Crippen molar-refractivity contribution in [2.24, 2.45) is 17.8 Å². The molecule has 2 aromatic rings. The van der Waals surface area contributed by atoms with Crippen molar-refractivity contribution in [1.82, 2.24) is 10.3 Å². The Morgan fingerprint density at radius 3 is 2.30 bits per heavy atom. The van der Waals surface area contributed by atoms with E-state index in [1.165, 1.54) is 31.4 Å². The minimum atomic E-state index is -0.679. The highest BCUT2D eigenvalue weighted by atomic mass is 19.1. The number of amides is 1. The lowest BCUT2D eigenvalue weighted by atomic mass is 9.53. The van der Waals surface area contributed by atoms with Crippen molar-refractivity contribution in [1.29, 1.82) is 0 Å². The van der Waals surface area contributed by atoms with E-state index in [1.807, 2.05) is 0 Å². The first-order chi connectivity index (χ1) is 13.0. The van der Waals surface area contributed by atoms with Gasteiger partial charge in [-0.1, -0.05) is 6.07 Å². The van der Waals surface area contributed by atoms with Crippen molar-refractivity contribution < 1.29 is 13.6 Å². The summed E-state index contributed by atoms with van der Waals surface area (Å²) >= 11 is 0. The first-order valence-corrected chi connectivity index (χ1v) is 9.75. The van der Waals surface area contributed by atoms with E-state index in [9.17, 15) is 13.6 Å². The van der Waals surface area contributed by atoms with Gasteiger partial charge in [0.15, 0.2) is 0 Å². The maximum absolute atomic E-state index is 14.1. The summed E-state index contributed by atoms with van der Waals surface area (Å²) in [4.78, 5) is 17.3. The van der Waals surface area contributed by atoms with Crippen molar-refractivity contribution >= 4 is 5.91 Å². The van der Waals surface area contributed by atoms with Gasteiger partial charge in [-0.3, -0.25) is 4.79 Å². The standard InChI is InChI=1S/C22H22F2N2O/c23-16-4-5-17(18(24)9-16)19-2-1-3-20(25-19)21(27)26-22-10-13-6-14(11-22)8-15(7-13)12-22/h1-5,9,13-15H,6-8,10-12H2,(H,26,27). The number of benzene rings is 1. The van der Waals surface area contributed by atoms with Crippen LogP contribution in [0.4, 0.5) is 8.78 Å². The third-order valence-corrected chi connectivity index (χ3v) is 6.61. The Morgan fingerprint density at radius 2 is 1.67 bits per heavy atom. The van der Waals surface area contributed by atoms with Gasteiger partial charge in [-0.25, -0.2) is 13.8 Å². The van der Waals surface area contributed by atoms with Crippen LogP contribution >= 0.6 is 0 Å². The molecule has 140 valence electrons. The van der Waals surface area contributed by atoms with Gasteiger partial charge in [0.05, 0.1) is 5.69 Å². The minimum absolute atomic E-state index is 0.0926. The second kappa shape index (κ2) is 6.11. The molecule has 0 aliphatic heterocycles. The molecule has 3 nitrogen and oxygen atoms in total. The number of hydrogen-bond donors (Lipinski definition) is 1. The first-order valence-electron chi connectivity index (χ1n) is 9.75. The van der Waals surface area contributed by atoms with Crippen molar-refractivity contribution in [2.45, 2.75) is 44.1 Å². The van der Waals surface area contributed by atoms with Gasteiger partial charge in [0.25, 0.3) is 5.91 Å². The molecule has 4 aliphatic carbocycles.